The Hall–Kier alpha value is -1.86. The molecule has 0 radical (unpaired) electrons. The van der Waals surface area contributed by atoms with Crippen molar-refractivity contribution in [2.24, 2.45) is 0 Å². The zero-order valence-electron chi connectivity index (χ0n) is 11.4. The number of non-ortho nitro benzene ring substituents is 1. The van der Waals surface area contributed by atoms with E-state index in [4.69, 9.17) is 4.74 Å². The summed E-state index contributed by atoms with van der Waals surface area (Å²) in [6.07, 6.45) is 1.94. The molecule has 1 aromatic heterocycles. The number of rotatable bonds is 3. The molecule has 3 aromatic rings. The predicted octanol–water partition coefficient (Wildman–Crippen LogP) is 5.70. The molecule has 0 atom stereocenters. The van der Waals surface area contributed by atoms with Gasteiger partial charge in [-0.25, -0.2) is 0 Å². The molecule has 0 saturated carbocycles. The summed E-state index contributed by atoms with van der Waals surface area (Å²) < 4.78 is 6.90. The molecule has 0 unspecified atom stereocenters. The Bertz CT molecular complexity index is 867. The van der Waals surface area contributed by atoms with Crippen molar-refractivity contribution in [1.29, 1.82) is 0 Å². The number of hydrogen-bond donors (Lipinski definition) is 1. The second kappa shape index (κ2) is 5.73. The number of nitrogens with zero attached hydrogens (tertiary/aromatic N) is 1. The lowest BCUT2D eigenvalue weighted by Gasteiger charge is -2.10. The molecule has 7 heteroatoms. The molecule has 0 aliphatic rings. The highest BCUT2D eigenvalue weighted by molar-refractivity contribution is 9.11. The van der Waals surface area contributed by atoms with Crippen LogP contribution in [0.3, 0.4) is 0 Å². The van der Waals surface area contributed by atoms with Crippen molar-refractivity contribution in [3.05, 3.63) is 61.2 Å². The van der Waals surface area contributed by atoms with E-state index in [9.17, 15) is 10.1 Å². The summed E-state index contributed by atoms with van der Waals surface area (Å²) in [5.41, 5.74) is 2.15. The lowest BCUT2D eigenvalue weighted by atomic mass is 10.2. The Morgan fingerprint density at radius 3 is 2.50 bits per heavy atom. The Morgan fingerprint density at radius 1 is 1.18 bits per heavy atom. The molecule has 112 valence electrons. The quantitative estimate of drug-likeness (QED) is 0.432. The number of halogens is 2. The number of ether oxygens (including phenoxy) is 1. The van der Waals surface area contributed by atoms with Gasteiger partial charge in [-0.15, -0.1) is 0 Å². The summed E-state index contributed by atoms with van der Waals surface area (Å²) in [5, 5.41) is 11.9. The number of aromatic amines is 1. The SMILES string of the molecule is Cc1c[nH]c2ccc(Oc3c(Br)cc([N+](=O)[O-])cc3Br)cc12. The van der Waals surface area contributed by atoms with Gasteiger partial charge in [-0.2, -0.15) is 0 Å². The van der Waals surface area contributed by atoms with Gasteiger partial charge in [-0.1, -0.05) is 0 Å². The molecule has 1 N–H and O–H groups in total. The average Bonchev–Trinajstić information content (AvgIpc) is 2.84. The molecule has 22 heavy (non-hydrogen) atoms. The highest BCUT2D eigenvalue weighted by Crippen LogP contribution is 2.40. The summed E-state index contributed by atoms with van der Waals surface area (Å²) in [7, 11) is 0. The number of fused-ring (bicyclic) bond motifs is 1. The van der Waals surface area contributed by atoms with Gasteiger partial charge in [0.2, 0.25) is 0 Å². The molecule has 0 amide bonds. The first-order valence-corrected chi connectivity index (χ1v) is 7.93. The topological polar surface area (TPSA) is 68.2 Å². The van der Waals surface area contributed by atoms with Gasteiger partial charge in [-0.05, 0) is 62.5 Å². The Labute approximate surface area is 142 Å². The maximum atomic E-state index is 10.8. The fraction of sp³-hybridized carbons (Fsp3) is 0.0667. The Balaban J connectivity index is 2.01. The van der Waals surface area contributed by atoms with Crippen LogP contribution < -0.4 is 4.74 Å². The number of H-pyrrole nitrogens is 1. The first kappa shape index (κ1) is 15.1. The molecule has 0 fully saturated rings. The van der Waals surface area contributed by atoms with Crippen molar-refractivity contribution in [2.45, 2.75) is 6.92 Å². The molecule has 0 aliphatic heterocycles. The van der Waals surface area contributed by atoms with Gasteiger partial charge in [0.05, 0.1) is 13.9 Å². The van der Waals surface area contributed by atoms with E-state index in [1.165, 1.54) is 12.1 Å². The van der Waals surface area contributed by atoms with E-state index in [2.05, 4.69) is 36.8 Å². The van der Waals surface area contributed by atoms with Crippen molar-refractivity contribution in [3.8, 4) is 11.5 Å². The second-order valence-electron chi connectivity index (χ2n) is 4.78. The summed E-state index contributed by atoms with van der Waals surface area (Å²) in [4.78, 5) is 13.6. The van der Waals surface area contributed by atoms with Crippen molar-refractivity contribution in [2.75, 3.05) is 0 Å². The predicted molar refractivity (Wildman–Crippen MR) is 91.6 cm³/mol. The normalized spacial score (nSPS) is 10.9. The van der Waals surface area contributed by atoms with Gasteiger partial charge in [0.25, 0.3) is 5.69 Å². The van der Waals surface area contributed by atoms with Crippen molar-refractivity contribution >= 4 is 48.5 Å². The zero-order chi connectivity index (χ0) is 15.9. The molecular weight excluding hydrogens is 416 g/mol. The highest BCUT2D eigenvalue weighted by atomic mass is 79.9. The van der Waals surface area contributed by atoms with Crippen molar-refractivity contribution < 1.29 is 9.66 Å². The minimum absolute atomic E-state index is 0.0111. The number of nitro groups is 1. The molecule has 0 bridgehead atoms. The molecule has 0 aliphatic carbocycles. The van der Waals surface area contributed by atoms with Crippen LogP contribution in [-0.2, 0) is 0 Å². The maximum Gasteiger partial charge on any atom is 0.271 e. The zero-order valence-corrected chi connectivity index (χ0v) is 14.6. The van der Waals surface area contributed by atoms with E-state index in [0.717, 1.165) is 16.5 Å². The summed E-state index contributed by atoms with van der Waals surface area (Å²) in [6.45, 7) is 2.01. The molecule has 2 aromatic carbocycles. The van der Waals surface area contributed by atoms with Gasteiger partial charge < -0.3 is 9.72 Å². The second-order valence-corrected chi connectivity index (χ2v) is 6.49. The van der Waals surface area contributed by atoms with E-state index < -0.39 is 4.92 Å². The average molecular weight is 426 g/mol. The van der Waals surface area contributed by atoms with Gasteiger partial charge in [-0.3, -0.25) is 10.1 Å². The molecule has 0 spiro atoms. The third-order valence-corrected chi connectivity index (χ3v) is 4.45. The van der Waals surface area contributed by atoms with Crippen LogP contribution >= 0.6 is 31.9 Å². The number of aryl methyl sites for hydroxylation is 1. The summed E-state index contributed by atoms with van der Waals surface area (Å²) >= 11 is 6.63. The number of nitrogens with one attached hydrogen (secondary N) is 1. The first-order chi connectivity index (χ1) is 10.5. The van der Waals surface area contributed by atoms with Gasteiger partial charge >= 0.3 is 0 Å². The third-order valence-electron chi connectivity index (χ3n) is 3.27. The van der Waals surface area contributed by atoms with Crippen LogP contribution in [0, 0.1) is 17.0 Å². The largest absolute Gasteiger partial charge is 0.455 e. The van der Waals surface area contributed by atoms with E-state index in [1.807, 2.05) is 31.3 Å². The Kier molecular flexibility index (Phi) is 3.92. The molecule has 1 heterocycles. The number of aromatic nitrogens is 1. The Morgan fingerprint density at radius 2 is 1.86 bits per heavy atom. The summed E-state index contributed by atoms with van der Waals surface area (Å²) in [6, 6.07) is 8.55. The smallest absolute Gasteiger partial charge is 0.271 e. The van der Waals surface area contributed by atoms with Crippen LogP contribution in [0.4, 0.5) is 5.69 Å². The van der Waals surface area contributed by atoms with Gasteiger partial charge in [0.15, 0.2) is 5.75 Å². The van der Waals surface area contributed by atoms with E-state index in [0.29, 0.717) is 20.4 Å². The van der Waals surface area contributed by atoms with Crippen LogP contribution in [-0.4, -0.2) is 9.91 Å². The first-order valence-electron chi connectivity index (χ1n) is 6.35. The number of hydrogen-bond acceptors (Lipinski definition) is 3. The van der Waals surface area contributed by atoms with Crippen LogP contribution in [0.15, 0.2) is 45.5 Å². The van der Waals surface area contributed by atoms with Gasteiger partial charge in [0, 0.05) is 29.2 Å². The summed E-state index contributed by atoms with van der Waals surface area (Å²) in [5.74, 6) is 1.16. The molecular formula is C15H10Br2N2O3. The molecule has 3 rings (SSSR count). The van der Waals surface area contributed by atoms with Crippen LogP contribution in [0.5, 0.6) is 11.5 Å². The lowest BCUT2D eigenvalue weighted by molar-refractivity contribution is -0.385. The maximum absolute atomic E-state index is 10.8. The minimum atomic E-state index is -0.450. The van der Waals surface area contributed by atoms with Crippen molar-refractivity contribution in [1.82, 2.24) is 4.98 Å². The van der Waals surface area contributed by atoms with Gasteiger partial charge in [0.1, 0.15) is 5.75 Å². The standard InChI is InChI=1S/C15H10Br2N2O3/c1-8-7-18-14-3-2-10(6-11(8)14)22-15-12(16)4-9(19(20)21)5-13(15)17/h2-7,18H,1H3. The van der Waals surface area contributed by atoms with E-state index >= 15 is 0 Å². The van der Waals surface area contributed by atoms with E-state index in [-0.39, 0.29) is 5.69 Å². The number of benzene rings is 2. The van der Waals surface area contributed by atoms with Crippen LogP contribution in [0.1, 0.15) is 5.56 Å². The monoisotopic (exact) mass is 424 g/mol. The fourth-order valence-electron chi connectivity index (χ4n) is 2.17. The van der Waals surface area contributed by atoms with E-state index in [1.54, 1.807) is 0 Å². The van der Waals surface area contributed by atoms with Crippen molar-refractivity contribution in [3.63, 3.8) is 0 Å². The fourth-order valence-corrected chi connectivity index (χ4v) is 3.49. The van der Waals surface area contributed by atoms with Crippen LogP contribution in [0.2, 0.25) is 0 Å². The third kappa shape index (κ3) is 2.74. The number of nitro benzene ring substituents is 1. The van der Waals surface area contributed by atoms with Crippen LogP contribution in [0.25, 0.3) is 10.9 Å². The molecule has 5 nitrogen and oxygen atoms in total. The highest BCUT2D eigenvalue weighted by Gasteiger charge is 2.16. The lowest BCUT2D eigenvalue weighted by Crippen LogP contribution is -1.92. The molecule has 0 saturated heterocycles. The minimum Gasteiger partial charge on any atom is -0.455 e.